The molecular formula is C63H99ClF3N11O11. The summed E-state index contributed by atoms with van der Waals surface area (Å²) in [6.45, 7) is 12.0. The van der Waals surface area contributed by atoms with Crippen molar-refractivity contribution < 1.29 is 66.2 Å². The van der Waals surface area contributed by atoms with E-state index in [1.807, 2.05) is 6.92 Å². The molecule has 4 fully saturated rings. The average molecular weight is 1280 g/mol. The van der Waals surface area contributed by atoms with E-state index in [1.54, 1.807) is 34.6 Å². The molecule has 1 saturated carbocycles. The number of aliphatic hydroxyl groups is 1. The van der Waals surface area contributed by atoms with Crippen LogP contribution >= 0.6 is 11.6 Å². The fourth-order valence-corrected chi connectivity index (χ4v) is 13.0. The number of rotatable bonds is 8. The van der Waals surface area contributed by atoms with E-state index in [-0.39, 0.29) is 82.3 Å². The second-order valence-corrected chi connectivity index (χ2v) is 26.1. The van der Waals surface area contributed by atoms with E-state index in [0.29, 0.717) is 37.7 Å². The van der Waals surface area contributed by atoms with Gasteiger partial charge in [0.2, 0.25) is 59.1 Å². The monoisotopic (exact) mass is 1280 g/mol. The van der Waals surface area contributed by atoms with E-state index < -0.39 is 143 Å². The van der Waals surface area contributed by atoms with Crippen LogP contribution in [0.5, 0.6) is 0 Å². The minimum absolute atomic E-state index is 0.0122. The lowest BCUT2D eigenvalue weighted by atomic mass is 9.84. The van der Waals surface area contributed by atoms with Crippen LogP contribution in [0.25, 0.3) is 0 Å². The van der Waals surface area contributed by atoms with Crippen LogP contribution in [-0.4, -0.2) is 220 Å². The first kappa shape index (κ1) is 73.7. The molecule has 0 radical (unpaired) electrons. The third-order valence-corrected chi connectivity index (χ3v) is 19.1. The van der Waals surface area contributed by atoms with Crippen molar-refractivity contribution in [3.05, 3.63) is 34.3 Å². The van der Waals surface area contributed by atoms with Gasteiger partial charge in [0.1, 0.15) is 48.5 Å². The quantitative estimate of drug-likeness (QED) is 0.237. The van der Waals surface area contributed by atoms with Crippen molar-refractivity contribution in [2.24, 2.45) is 17.8 Å². The molecule has 5 N–H and O–H groups in total. The normalized spacial score (nSPS) is 28.8. The van der Waals surface area contributed by atoms with E-state index in [9.17, 15) is 61.4 Å². The maximum atomic E-state index is 15.0. The lowest BCUT2D eigenvalue weighted by molar-refractivity contribution is -0.152. The summed E-state index contributed by atoms with van der Waals surface area (Å²) in [4.78, 5) is 152. The van der Waals surface area contributed by atoms with Gasteiger partial charge >= 0.3 is 6.18 Å². The van der Waals surface area contributed by atoms with Crippen molar-refractivity contribution in [2.45, 2.75) is 224 Å². The standard InChI is InChI=1S/C63H99ClF3N11O11/c1-13-38(4)53-62(89)72(8)36-52(81)77-31-20-24-48(77)60(87)75(11)49(35-42-21-15-14-16-22-42)61(88)74(10)41(7)55(82)70-46(29-27-43-26-28-44(45(64)34-43)63(65,66)67)59(86)78-32-19-23-47(78)57(84)68-30-18-17-25-50(79)76(12)54(37(2)3)58(85)69-39(5)33-51(80)73(9)40(6)56(83)71-53/h26,28,34,37-42,46-49,51,53-54,80H,13-25,27,29-33,35-36H2,1-12H3,(H,68,84)(H,69,85)(H,70,82)(H,71,83)/t38-,39+,40-,41+,46-,47-,48-,49-,51?,53-,54-/m0/s1. The third-order valence-electron chi connectivity index (χ3n) is 18.8. The molecule has 10 amide bonds. The van der Waals surface area contributed by atoms with E-state index >= 15 is 4.79 Å². The topological polar surface area (TPSA) is 262 Å². The number of aryl methyl sites for hydroxylation is 1. The maximum absolute atomic E-state index is 15.0. The van der Waals surface area contributed by atoms with E-state index in [0.717, 1.165) is 44.2 Å². The first-order valence-electron chi connectivity index (χ1n) is 31.9. The van der Waals surface area contributed by atoms with Gasteiger partial charge in [-0.3, -0.25) is 52.8 Å². The van der Waals surface area contributed by atoms with Crippen molar-refractivity contribution in [3.63, 3.8) is 0 Å². The number of aliphatic hydroxyl groups excluding tert-OH is 1. The highest BCUT2D eigenvalue weighted by molar-refractivity contribution is 6.31. The predicted octanol–water partition coefficient (Wildman–Crippen LogP) is 4.71. The number of fused-ring (bicyclic) bond motifs is 2. The van der Waals surface area contributed by atoms with Crippen LogP contribution in [0, 0.1) is 17.8 Å². The molecule has 0 aromatic heterocycles. The molecule has 3 saturated heterocycles. The number of hydrogen-bond donors (Lipinski definition) is 5. The molecule has 4 aliphatic rings. The molecular weight excluding hydrogens is 1180 g/mol. The summed E-state index contributed by atoms with van der Waals surface area (Å²) in [7, 11) is 7.43. The summed E-state index contributed by atoms with van der Waals surface area (Å²) >= 11 is 6.10. The molecule has 1 aromatic carbocycles. The highest BCUT2D eigenvalue weighted by atomic mass is 35.5. The van der Waals surface area contributed by atoms with Gasteiger partial charge in [-0.05, 0) is 121 Å². The Morgan fingerprint density at radius 2 is 1.29 bits per heavy atom. The Balaban J connectivity index is 1.47. The second-order valence-electron chi connectivity index (χ2n) is 25.7. The molecule has 500 valence electrons. The zero-order chi connectivity index (χ0) is 66.4. The molecule has 1 unspecified atom stereocenters. The molecule has 89 heavy (non-hydrogen) atoms. The molecule has 1 aliphatic carbocycles. The first-order chi connectivity index (χ1) is 41.8. The van der Waals surface area contributed by atoms with E-state index in [2.05, 4.69) is 21.3 Å². The lowest BCUT2D eigenvalue weighted by Crippen LogP contribution is -2.59. The second kappa shape index (κ2) is 33.3. The smallest absolute Gasteiger partial charge is 0.378 e. The SMILES string of the molecule is CC[C@H](C)[C@@H]1NC(=O)[C@H](C)N(C)C(O)C[C@@H](C)NC(=O)[C@H](C(C)C)N(C)C(=O)CCCCNC(=O)[C@@H]2CCCN2C(=O)[C@H](CCc2ccc(C(F)(F)F)c(Cl)c2)NC(=O)[C@@H](C)N(C)C(=O)[C@H](CC2CCCCC2)N(C)C(=O)[C@@H]2CCCN2C(=O)CN(C)C1=O. The highest BCUT2D eigenvalue weighted by Crippen LogP contribution is 2.36. The number of benzene rings is 1. The van der Waals surface area contributed by atoms with Gasteiger partial charge in [-0.25, -0.2) is 0 Å². The van der Waals surface area contributed by atoms with Crippen LogP contribution in [-0.2, 0) is 60.5 Å². The van der Waals surface area contributed by atoms with Gasteiger partial charge < -0.3 is 55.8 Å². The molecule has 5 rings (SSSR count). The first-order valence-corrected chi connectivity index (χ1v) is 32.3. The number of carbonyl (C=O) groups is 10. The number of likely N-dealkylation sites (N-methyl/N-ethyl adjacent to an activating group) is 5. The van der Waals surface area contributed by atoms with Gasteiger partial charge in [-0.15, -0.1) is 0 Å². The number of nitrogens with zero attached hydrogens (tertiary/aromatic N) is 7. The van der Waals surface area contributed by atoms with Gasteiger partial charge in [0.25, 0.3) is 0 Å². The number of amides is 10. The van der Waals surface area contributed by atoms with Gasteiger partial charge in [-0.2, -0.15) is 13.2 Å². The minimum atomic E-state index is -4.72. The molecule has 0 bridgehead atoms. The zero-order valence-corrected chi connectivity index (χ0v) is 55.0. The maximum Gasteiger partial charge on any atom is 0.417 e. The van der Waals surface area contributed by atoms with Gasteiger partial charge in [-0.1, -0.05) is 83.9 Å². The molecule has 22 nitrogen and oxygen atoms in total. The van der Waals surface area contributed by atoms with Gasteiger partial charge in [0, 0.05) is 66.7 Å². The number of hydrogen-bond acceptors (Lipinski definition) is 12. The Kier molecular flexibility index (Phi) is 27.6. The largest absolute Gasteiger partial charge is 0.417 e. The zero-order valence-electron chi connectivity index (χ0n) is 54.3. The van der Waals surface area contributed by atoms with Crippen LogP contribution < -0.4 is 21.3 Å². The fourth-order valence-electron chi connectivity index (χ4n) is 12.7. The van der Waals surface area contributed by atoms with Crippen molar-refractivity contribution in [1.82, 2.24) is 55.6 Å². The van der Waals surface area contributed by atoms with E-state index in [4.69, 9.17) is 11.6 Å². The Labute approximate surface area is 528 Å². The van der Waals surface area contributed by atoms with Crippen LogP contribution in [0.15, 0.2) is 18.2 Å². The summed E-state index contributed by atoms with van der Waals surface area (Å²) < 4.78 is 41.1. The Morgan fingerprint density at radius 1 is 0.663 bits per heavy atom. The summed E-state index contributed by atoms with van der Waals surface area (Å²) in [5.74, 6) is -6.06. The van der Waals surface area contributed by atoms with Gasteiger partial charge in [0.05, 0.1) is 23.2 Å². The van der Waals surface area contributed by atoms with Crippen molar-refractivity contribution in [1.29, 1.82) is 0 Å². The number of nitrogens with one attached hydrogen (secondary N) is 4. The summed E-state index contributed by atoms with van der Waals surface area (Å²) in [5.41, 5.74) is -0.708. The van der Waals surface area contributed by atoms with Crippen molar-refractivity contribution in [2.75, 3.05) is 61.4 Å². The highest BCUT2D eigenvalue weighted by Gasteiger charge is 2.44. The van der Waals surface area contributed by atoms with Crippen LogP contribution in [0.1, 0.15) is 162 Å². The van der Waals surface area contributed by atoms with Crippen LogP contribution in [0.3, 0.4) is 0 Å². The Hall–Kier alpha value is -6.08. The number of alkyl halides is 3. The molecule has 26 heteroatoms. The Bertz CT molecular complexity index is 2660. The minimum Gasteiger partial charge on any atom is -0.378 e. The summed E-state index contributed by atoms with van der Waals surface area (Å²) in [6.07, 6.45) is 1.20. The Morgan fingerprint density at radius 3 is 1.91 bits per heavy atom. The molecule has 0 spiro atoms. The molecule has 11 atom stereocenters. The molecule has 3 heterocycles. The lowest BCUT2D eigenvalue weighted by Gasteiger charge is -2.38. The van der Waals surface area contributed by atoms with Crippen LogP contribution in [0.2, 0.25) is 5.02 Å². The average Bonchev–Trinajstić information content (AvgIpc) is 2.54. The van der Waals surface area contributed by atoms with Gasteiger partial charge in [0.15, 0.2) is 0 Å². The fraction of sp³-hybridized carbons (Fsp3) is 0.746. The van der Waals surface area contributed by atoms with Crippen molar-refractivity contribution >= 4 is 70.7 Å². The molecule has 1 aromatic rings. The summed E-state index contributed by atoms with van der Waals surface area (Å²) in [5, 5.41) is 22.3. The third kappa shape index (κ3) is 19.5. The summed E-state index contributed by atoms with van der Waals surface area (Å²) in [6, 6.07) is -6.01. The van der Waals surface area contributed by atoms with Crippen molar-refractivity contribution in [3.8, 4) is 0 Å². The molecule has 3 aliphatic heterocycles. The number of halogens is 4. The van der Waals surface area contributed by atoms with Crippen LogP contribution in [0.4, 0.5) is 13.2 Å². The predicted molar refractivity (Wildman–Crippen MR) is 329 cm³/mol. The van der Waals surface area contributed by atoms with E-state index in [1.165, 1.54) is 82.5 Å². The number of carbonyl (C=O) groups excluding carboxylic acids is 10.